The highest BCUT2D eigenvalue weighted by Crippen LogP contribution is 2.19. The molecule has 6 nitrogen and oxygen atoms in total. The number of hydrogen-bond donors (Lipinski definition) is 2. The number of phenols is 1. The van der Waals surface area contributed by atoms with Crippen molar-refractivity contribution < 1.29 is 9.90 Å². The molecule has 0 spiro atoms. The van der Waals surface area contributed by atoms with Crippen LogP contribution in [0, 0.1) is 25.2 Å². The maximum absolute atomic E-state index is 12.2. The van der Waals surface area contributed by atoms with Gasteiger partial charge >= 0.3 is 0 Å². The zero-order valence-corrected chi connectivity index (χ0v) is 15.5. The Balaban J connectivity index is 1.76. The molecule has 0 bridgehead atoms. The largest absolute Gasteiger partial charge is 0.507 e. The number of phenolic OH excluding ortho intramolecular Hbond substituents is 1. The fourth-order valence-corrected chi connectivity index (χ4v) is 2.64. The van der Waals surface area contributed by atoms with Gasteiger partial charge in [-0.1, -0.05) is 29.8 Å². The van der Waals surface area contributed by atoms with Gasteiger partial charge in [-0.05, 0) is 49.7 Å². The van der Waals surface area contributed by atoms with E-state index in [9.17, 15) is 9.90 Å². The second kappa shape index (κ2) is 8.14. The van der Waals surface area contributed by atoms with Gasteiger partial charge in [0.1, 0.15) is 11.8 Å². The maximum atomic E-state index is 12.2. The highest BCUT2D eigenvalue weighted by atomic mass is 16.3. The van der Waals surface area contributed by atoms with Crippen molar-refractivity contribution in [1.82, 2.24) is 10.4 Å². The number of rotatable bonds is 4. The van der Waals surface area contributed by atoms with Gasteiger partial charge in [-0.3, -0.25) is 9.78 Å². The van der Waals surface area contributed by atoms with E-state index < -0.39 is 5.91 Å². The number of benzene rings is 2. The van der Waals surface area contributed by atoms with Crippen LogP contribution in [0.4, 0.5) is 0 Å². The molecule has 2 N–H and O–H groups in total. The van der Waals surface area contributed by atoms with Gasteiger partial charge in [0.25, 0.3) is 5.91 Å². The second-order valence-corrected chi connectivity index (χ2v) is 6.34. The van der Waals surface area contributed by atoms with E-state index in [2.05, 4.69) is 15.5 Å². The van der Waals surface area contributed by atoms with Crippen LogP contribution in [0.25, 0.3) is 11.3 Å². The van der Waals surface area contributed by atoms with Gasteiger partial charge in [0.15, 0.2) is 0 Å². The molecule has 1 amide bonds. The monoisotopic (exact) mass is 370 g/mol. The van der Waals surface area contributed by atoms with Crippen molar-refractivity contribution in [3.63, 3.8) is 0 Å². The number of hydrogen-bond acceptors (Lipinski definition) is 5. The van der Waals surface area contributed by atoms with Gasteiger partial charge in [-0.2, -0.15) is 10.4 Å². The SMILES string of the molecule is Cc1ccc(-c2cc(C=NNC(=O)c3ccc(O)c(C#N)c3)cc(C)n2)cc1. The molecule has 0 atom stereocenters. The molecule has 0 aliphatic rings. The Bertz CT molecular complexity index is 1100. The van der Waals surface area contributed by atoms with E-state index in [1.165, 1.54) is 30.0 Å². The highest BCUT2D eigenvalue weighted by molar-refractivity contribution is 5.95. The summed E-state index contributed by atoms with van der Waals surface area (Å²) in [5.41, 5.74) is 7.32. The summed E-state index contributed by atoms with van der Waals surface area (Å²) < 4.78 is 0. The number of hydrazone groups is 1. The van der Waals surface area contributed by atoms with E-state index in [0.717, 1.165) is 22.5 Å². The average molecular weight is 370 g/mol. The molecule has 0 radical (unpaired) electrons. The molecule has 0 aliphatic carbocycles. The molecule has 3 aromatic rings. The second-order valence-electron chi connectivity index (χ2n) is 6.34. The van der Waals surface area contributed by atoms with Gasteiger partial charge in [0.2, 0.25) is 0 Å². The molecule has 28 heavy (non-hydrogen) atoms. The van der Waals surface area contributed by atoms with Crippen molar-refractivity contribution in [3.8, 4) is 23.1 Å². The maximum Gasteiger partial charge on any atom is 0.271 e. The molecule has 138 valence electrons. The smallest absolute Gasteiger partial charge is 0.271 e. The molecule has 0 saturated carbocycles. The lowest BCUT2D eigenvalue weighted by molar-refractivity contribution is 0.0955. The normalized spacial score (nSPS) is 10.6. The predicted octanol–water partition coefficient (Wildman–Crippen LogP) is 3.71. The molecule has 2 aromatic carbocycles. The Labute approximate surface area is 162 Å². The summed E-state index contributed by atoms with van der Waals surface area (Å²) in [6.07, 6.45) is 1.54. The van der Waals surface area contributed by atoms with Crippen LogP contribution in [0.15, 0.2) is 59.7 Å². The minimum atomic E-state index is -0.475. The summed E-state index contributed by atoms with van der Waals surface area (Å²) in [6.45, 7) is 3.93. The summed E-state index contributed by atoms with van der Waals surface area (Å²) in [4.78, 5) is 16.7. The first-order valence-electron chi connectivity index (χ1n) is 8.58. The van der Waals surface area contributed by atoms with E-state index in [0.29, 0.717) is 0 Å². The molecule has 3 rings (SSSR count). The van der Waals surface area contributed by atoms with Crippen molar-refractivity contribution >= 4 is 12.1 Å². The summed E-state index contributed by atoms with van der Waals surface area (Å²) in [5.74, 6) is -0.643. The number of nitriles is 1. The first-order chi connectivity index (χ1) is 13.5. The quantitative estimate of drug-likeness (QED) is 0.540. The zero-order chi connectivity index (χ0) is 20.1. The van der Waals surface area contributed by atoms with Gasteiger partial charge in [-0.25, -0.2) is 5.43 Å². The highest BCUT2D eigenvalue weighted by Gasteiger charge is 2.08. The third-order valence-electron chi connectivity index (χ3n) is 4.08. The van der Waals surface area contributed by atoms with Crippen LogP contribution < -0.4 is 5.43 Å². The van der Waals surface area contributed by atoms with Crippen LogP contribution in [0.2, 0.25) is 0 Å². The third-order valence-corrected chi connectivity index (χ3v) is 4.08. The number of amides is 1. The number of aryl methyl sites for hydroxylation is 2. The topological polar surface area (TPSA) is 98.4 Å². The van der Waals surface area contributed by atoms with Crippen LogP contribution in [-0.4, -0.2) is 22.2 Å². The number of pyridine rings is 1. The van der Waals surface area contributed by atoms with Crippen molar-refractivity contribution in [2.24, 2.45) is 5.10 Å². The summed E-state index contributed by atoms with van der Waals surface area (Å²) in [7, 11) is 0. The molecular formula is C22H18N4O2. The van der Waals surface area contributed by atoms with Crippen LogP contribution >= 0.6 is 0 Å². The number of nitrogens with one attached hydrogen (secondary N) is 1. The Morgan fingerprint density at radius 2 is 1.89 bits per heavy atom. The van der Waals surface area contributed by atoms with Crippen LogP contribution in [-0.2, 0) is 0 Å². The van der Waals surface area contributed by atoms with E-state index in [1.807, 2.05) is 56.3 Å². The Kier molecular flexibility index (Phi) is 5.47. The van der Waals surface area contributed by atoms with E-state index in [1.54, 1.807) is 0 Å². The van der Waals surface area contributed by atoms with Crippen LogP contribution in [0.5, 0.6) is 5.75 Å². The average Bonchev–Trinajstić information content (AvgIpc) is 2.68. The van der Waals surface area contributed by atoms with E-state index in [-0.39, 0.29) is 16.9 Å². The summed E-state index contributed by atoms with van der Waals surface area (Å²) in [5, 5.41) is 22.4. The lowest BCUT2D eigenvalue weighted by atomic mass is 10.1. The fourth-order valence-electron chi connectivity index (χ4n) is 2.64. The van der Waals surface area contributed by atoms with E-state index in [4.69, 9.17) is 5.26 Å². The lowest BCUT2D eigenvalue weighted by Crippen LogP contribution is -2.17. The minimum absolute atomic E-state index is 0.0316. The molecule has 0 saturated heterocycles. The third kappa shape index (κ3) is 4.40. The molecule has 0 fully saturated rings. The molecule has 0 aliphatic heterocycles. The van der Waals surface area contributed by atoms with Gasteiger partial charge in [-0.15, -0.1) is 0 Å². The van der Waals surface area contributed by atoms with Gasteiger partial charge in [0.05, 0.1) is 17.5 Å². The summed E-state index contributed by atoms with van der Waals surface area (Å²) >= 11 is 0. The first kappa shape index (κ1) is 18.8. The Hall–Kier alpha value is -3.98. The first-order valence-corrected chi connectivity index (χ1v) is 8.58. The minimum Gasteiger partial charge on any atom is -0.507 e. The van der Waals surface area contributed by atoms with Gasteiger partial charge in [0, 0.05) is 16.8 Å². The number of nitrogens with zero attached hydrogens (tertiary/aromatic N) is 3. The van der Waals surface area contributed by atoms with Crippen LogP contribution in [0.1, 0.15) is 32.7 Å². The number of aromatic hydroxyl groups is 1. The van der Waals surface area contributed by atoms with Crippen molar-refractivity contribution in [2.75, 3.05) is 0 Å². The Morgan fingerprint density at radius 3 is 2.61 bits per heavy atom. The van der Waals surface area contributed by atoms with Crippen LogP contribution in [0.3, 0.4) is 0 Å². The zero-order valence-electron chi connectivity index (χ0n) is 15.5. The number of carbonyl (C=O) groups excluding carboxylic acids is 1. The summed E-state index contributed by atoms with van der Waals surface area (Å²) in [6, 6.07) is 17.7. The molecule has 0 unspecified atom stereocenters. The number of aromatic nitrogens is 1. The van der Waals surface area contributed by atoms with Crippen molar-refractivity contribution in [1.29, 1.82) is 5.26 Å². The number of carbonyl (C=O) groups is 1. The standard InChI is InChI=1S/C22H18N4O2/c1-14-3-5-17(6-4-14)20-10-16(9-15(2)25-20)13-24-26-22(28)18-7-8-21(27)19(11-18)12-23/h3-11,13,27H,1-2H3,(H,26,28). The molecular weight excluding hydrogens is 352 g/mol. The van der Waals surface area contributed by atoms with Crippen molar-refractivity contribution in [2.45, 2.75) is 13.8 Å². The van der Waals surface area contributed by atoms with Gasteiger partial charge < -0.3 is 5.11 Å². The fraction of sp³-hybridized carbons (Fsp3) is 0.0909. The molecule has 1 aromatic heterocycles. The van der Waals surface area contributed by atoms with Crippen molar-refractivity contribution in [3.05, 3.63) is 82.5 Å². The molecule has 1 heterocycles. The van der Waals surface area contributed by atoms with E-state index >= 15 is 0 Å². The predicted molar refractivity (Wildman–Crippen MR) is 107 cm³/mol. The lowest BCUT2D eigenvalue weighted by Gasteiger charge is -2.05. The molecule has 6 heteroatoms. The Morgan fingerprint density at radius 1 is 1.14 bits per heavy atom.